The van der Waals surface area contributed by atoms with E-state index in [0.717, 1.165) is 18.0 Å². The molecule has 1 heterocycles. The second kappa shape index (κ2) is 8.17. The molecule has 2 rings (SSSR count). The number of nitrogens with one attached hydrogen (secondary N) is 1. The Morgan fingerprint density at radius 1 is 1.22 bits per heavy atom. The molecule has 1 aromatic heterocycles. The highest BCUT2D eigenvalue weighted by atomic mass is 32.1. The SMILES string of the molecule is CCC(C)(C)NC(=O)CN(C(=O)c1snc(C(N)=O)c1N)c1ccccc1. The number of benzene rings is 1. The number of para-hydroxylation sites is 1. The molecule has 0 aliphatic heterocycles. The van der Waals surface area contributed by atoms with E-state index in [1.807, 2.05) is 20.8 Å². The summed E-state index contributed by atoms with van der Waals surface area (Å²) < 4.78 is 3.86. The van der Waals surface area contributed by atoms with Crippen molar-refractivity contribution in [2.24, 2.45) is 5.73 Å². The predicted octanol–water partition coefficient (Wildman–Crippen LogP) is 1.78. The first-order valence-electron chi connectivity index (χ1n) is 8.39. The van der Waals surface area contributed by atoms with Crippen molar-refractivity contribution in [3.8, 4) is 0 Å². The minimum atomic E-state index is -0.809. The number of rotatable bonds is 7. The van der Waals surface area contributed by atoms with Crippen molar-refractivity contribution in [1.82, 2.24) is 9.69 Å². The largest absolute Gasteiger partial charge is 0.395 e. The highest BCUT2D eigenvalue weighted by molar-refractivity contribution is 7.09. The van der Waals surface area contributed by atoms with E-state index >= 15 is 0 Å². The van der Waals surface area contributed by atoms with Gasteiger partial charge in [0.2, 0.25) is 5.91 Å². The fourth-order valence-corrected chi connectivity index (χ4v) is 3.04. The highest BCUT2D eigenvalue weighted by Gasteiger charge is 2.28. The van der Waals surface area contributed by atoms with Crippen LogP contribution < -0.4 is 21.7 Å². The van der Waals surface area contributed by atoms with Crippen LogP contribution in [-0.4, -0.2) is 34.2 Å². The van der Waals surface area contributed by atoms with E-state index in [1.54, 1.807) is 30.3 Å². The van der Waals surface area contributed by atoms with Gasteiger partial charge >= 0.3 is 0 Å². The van der Waals surface area contributed by atoms with Crippen molar-refractivity contribution < 1.29 is 14.4 Å². The molecule has 0 aliphatic carbocycles. The molecule has 3 amide bonds. The first-order chi connectivity index (χ1) is 12.7. The Balaban J connectivity index is 2.35. The number of carbonyl (C=O) groups is 3. The molecule has 5 N–H and O–H groups in total. The zero-order chi connectivity index (χ0) is 20.2. The number of hydrogen-bond donors (Lipinski definition) is 3. The average Bonchev–Trinajstić information content (AvgIpc) is 3.01. The fraction of sp³-hybridized carbons (Fsp3) is 0.333. The lowest BCUT2D eigenvalue weighted by Gasteiger charge is -2.27. The Morgan fingerprint density at radius 2 is 1.85 bits per heavy atom. The third-order valence-electron chi connectivity index (χ3n) is 4.13. The Labute approximate surface area is 161 Å². The van der Waals surface area contributed by atoms with E-state index in [0.29, 0.717) is 5.69 Å². The lowest BCUT2D eigenvalue weighted by atomic mass is 10.0. The lowest BCUT2D eigenvalue weighted by molar-refractivity contribution is -0.121. The molecule has 0 atom stereocenters. The molecule has 0 saturated heterocycles. The first-order valence-corrected chi connectivity index (χ1v) is 9.16. The summed E-state index contributed by atoms with van der Waals surface area (Å²) in [5.74, 6) is -1.64. The number of nitrogen functional groups attached to an aromatic ring is 1. The van der Waals surface area contributed by atoms with Crippen LogP contribution in [-0.2, 0) is 4.79 Å². The summed E-state index contributed by atoms with van der Waals surface area (Å²) in [5, 5.41) is 2.90. The minimum Gasteiger partial charge on any atom is -0.395 e. The molecular formula is C18H23N5O3S. The van der Waals surface area contributed by atoms with Crippen molar-refractivity contribution in [3.63, 3.8) is 0 Å². The van der Waals surface area contributed by atoms with Crippen molar-refractivity contribution >= 4 is 40.6 Å². The molecule has 9 heteroatoms. The molecule has 0 radical (unpaired) electrons. The molecule has 0 unspecified atom stereocenters. The fourth-order valence-electron chi connectivity index (χ4n) is 2.29. The van der Waals surface area contributed by atoms with Crippen LogP contribution >= 0.6 is 11.5 Å². The number of amides is 3. The van der Waals surface area contributed by atoms with Crippen LogP contribution in [0.5, 0.6) is 0 Å². The van der Waals surface area contributed by atoms with Gasteiger partial charge in [-0.05, 0) is 43.9 Å². The van der Waals surface area contributed by atoms with Gasteiger partial charge in [-0.1, -0.05) is 25.1 Å². The monoisotopic (exact) mass is 389 g/mol. The molecule has 144 valence electrons. The van der Waals surface area contributed by atoms with Gasteiger partial charge < -0.3 is 16.8 Å². The zero-order valence-corrected chi connectivity index (χ0v) is 16.3. The van der Waals surface area contributed by atoms with Gasteiger partial charge in [0.1, 0.15) is 11.4 Å². The highest BCUT2D eigenvalue weighted by Crippen LogP contribution is 2.26. The third-order valence-corrected chi connectivity index (χ3v) is 4.98. The maximum absolute atomic E-state index is 13.1. The second-order valence-electron chi connectivity index (χ2n) is 6.65. The molecule has 1 aromatic carbocycles. The molecule has 0 bridgehead atoms. The van der Waals surface area contributed by atoms with Gasteiger partial charge in [0.05, 0.1) is 5.69 Å². The number of nitrogens with two attached hydrogens (primary N) is 2. The van der Waals surface area contributed by atoms with E-state index < -0.39 is 17.4 Å². The molecule has 2 aromatic rings. The Kier molecular flexibility index (Phi) is 6.17. The van der Waals surface area contributed by atoms with Gasteiger partial charge in [-0.25, -0.2) is 0 Å². The summed E-state index contributed by atoms with van der Waals surface area (Å²) in [7, 11) is 0. The Morgan fingerprint density at radius 3 is 2.37 bits per heavy atom. The summed E-state index contributed by atoms with van der Waals surface area (Å²) in [5.41, 5.74) is 11.0. The Bertz CT molecular complexity index is 848. The molecule has 27 heavy (non-hydrogen) atoms. The predicted molar refractivity (Wildman–Crippen MR) is 106 cm³/mol. The van der Waals surface area contributed by atoms with E-state index in [1.165, 1.54) is 4.90 Å². The molecular weight excluding hydrogens is 366 g/mol. The number of hydrogen-bond acceptors (Lipinski definition) is 6. The molecule has 0 aliphatic rings. The third kappa shape index (κ3) is 4.82. The normalized spacial score (nSPS) is 11.1. The average molecular weight is 389 g/mol. The van der Waals surface area contributed by atoms with Gasteiger partial charge in [-0.15, -0.1) is 0 Å². The smallest absolute Gasteiger partial charge is 0.272 e. The van der Waals surface area contributed by atoms with Gasteiger partial charge in [0.15, 0.2) is 5.69 Å². The van der Waals surface area contributed by atoms with Crippen molar-refractivity contribution in [1.29, 1.82) is 0 Å². The van der Waals surface area contributed by atoms with Crippen LogP contribution in [0.3, 0.4) is 0 Å². The molecule has 0 fully saturated rings. The Hall–Kier alpha value is -2.94. The van der Waals surface area contributed by atoms with Crippen LogP contribution in [0.4, 0.5) is 11.4 Å². The van der Waals surface area contributed by atoms with Crippen LogP contribution in [0.25, 0.3) is 0 Å². The van der Waals surface area contributed by atoms with Crippen molar-refractivity contribution in [2.75, 3.05) is 17.2 Å². The van der Waals surface area contributed by atoms with E-state index in [2.05, 4.69) is 9.69 Å². The van der Waals surface area contributed by atoms with Crippen LogP contribution in [0.2, 0.25) is 0 Å². The summed E-state index contributed by atoms with van der Waals surface area (Å²) in [6, 6.07) is 8.74. The van der Waals surface area contributed by atoms with Gasteiger partial charge in [-0.2, -0.15) is 4.37 Å². The molecule has 0 spiro atoms. The summed E-state index contributed by atoms with van der Waals surface area (Å²) in [6.07, 6.45) is 0.738. The number of aromatic nitrogens is 1. The number of primary amides is 1. The van der Waals surface area contributed by atoms with Gasteiger partial charge in [0, 0.05) is 11.2 Å². The topological polar surface area (TPSA) is 131 Å². The van der Waals surface area contributed by atoms with E-state index in [9.17, 15) is 14.4 Å². The zero-order valence-electron chi connectivity index (χ0n) is 15.5. The summed E-state index contributed by atoms with van der Waals surface area (Å²) in [4.78, 5) is 38.3. The first kappa shape index (κ1) is 20.4. The second-order valence-corrected chi connectivity index (χ2v) is 7.42. The number of nitrogens with zero attached hydrogens (tertiary/aromatic N) is 2. The lowest BCUT2D eigenvalue weighted by Crippen LogP contribution is -2.48. The van der Waals surface area contributed by atoms with Gasteiger partial charge in [0.25, 0.3) is 11.8 Å². The van der Waals surface area contributed by atoms with Crippen LogP contribution in [0.1, 0.15) is 47.4 Å². The van der Waals surface area contributed by atoms with Gasteiger partial charge in [-0.3, -0.25) is 19.3 Å². The van der Waals surface area contributed by atoms with Crippen LogP contribution in [0.15, 0.2) is 30.3 Å². The van der Waals surface area contributed by atoms with E-state index in [4.69, 9.17) is 11.5 Å². The van der Waals surface area contributed by atoms with Crippen molar-refractivity contribution in [2.45, 2.75) is 32.7 Å². The maximum Gasteiger partial charge on any atom is 0.272 e. The number of carbonyl (C=O) groups excluding carboxylic acids is 3. The summed E-state index contributed by atoms with van der Waals surface area (Å²) in [6.45, 7) is 5.57. The standard InChI is InChI=1S/C18H23N5O3S/c1-4-18(2,3)21-12(24)10-23(11-8-6-5-7-9-11)17(26)15-13(19)14(16(20)25)22-27-15/h5-9H,4,10,19H2,1-3H3,(H2,20,25)(H,21,24). The quantitative estimate of drug-likeness (QED) is 0.664. The molecule has 8 nitrogen and oxygen atoms in total. The maximum atomic E-state index is 13.1. The van der Waals surface area contributed by atoms with E-state index in [-0.39, 0.29) is 28.7 Å². The van der Waals surface area contributed by atoms with Crippen LogP contribution in [0, 0.1) is 0 Å². The minimum absolute atomic E-state index is 0.0650. The van der Waals surface area contributed by atoms with Crippen molar-refractivity contribution in [3.05, 3.63) is 40.9 Å². The molecule has 0 saturated carbocycles. The number of anilines is 2. The summed E-state index contributed by atoms with van der Waals surface area (Å²) >= 11 is 0.782.